The van der Waals surface area contributed by atoms with E-state index in [2.05, 4.69) is 112 Å². The van der Waals surface area contributed by atoms with Gasteiger partial charge < -0.3 is 4.74 Å². The molecule has 2 nitrogen and oxygen atoms in total. The van der Waals surface area contributed by atoms with Crippen molar-refractivity contribution in [2.45, 2.75) is 90.9 Å². The van der Waals surface area contributed by atoms with Crippen molar-refractivity contribution >= 4 is 0 Å². The van der Waals surface area contributed by atoms with Crippen molar-refractivity contribution in [3.05, 3.63) is 127 Å². The van der Waals surface area contributed by atoms with Crippen LogP contribution in [0.5, 0.6) is 11.5 Å². The molecule has 0 aliphatic carbocycles. The lowest BCUT2D eigenvalue weighted by atomic mass is 9.89. The van der Waals surface area contributed by atoms with Gasteiger partial charge >= 0.3 is 0 Å². The summed E-state index contributed by atoms with van der Waals surface area (Å²) in [5.41, 5.74) is 9.56. The van der Waals surface area contributed by atoms with Gasteiger partial charge in [-0.2, -0.15) is 0 Å². The summed E-state index contributed by atoms with van der Waals surface area (Å²) in [7, 11) is 0. The molecule has 0 fully saturated rings. The lowest BCUT2D eigenvalue weighted by molar-refractivity contribution is 0.483. The number of aromatic nitrogens is 1. The molecule has 2 unspecified atom stereocenters. The molecule has 0 aliphatic rings. The molecular weight excluding hydrogens is 546 g/mol. The van der Waals surface area contributed by atoms with Crippen molar-refractivity contribution in [2.24, 2.45) is 0 Å². The van der Waals surface area contributed by atoms with Crippen molar-refractivity contribution in [1.29, 1.82) is 0 Å². The minimum Gasteiger partial charge on any atom is -0.457 e. The van der Waals surface area contributed by atoms with Crippen LogP contribution >= 0.6 is 0 Å². The molecule has 0 N–H and O–H groups in total. The van der Waals surface area contributed by atoms with Crippen molar-refractivity contribution in [2.75, 3.05) is 0 Å². The van der Waals surface area contributed by atoms with Gasteiger partial charge in [-0.25, -0.2) is 0 Å². The van der Waals surface area contributed by atoms with Gasteiger partial charge in [0.25, 0.3) is 0 Å². The third-order valence-electron chi connectivity index (χ3n) is 9.11. The zero-order valence-corrected chi connectivity index (χ0v) is 27.6. The summed E-state index contributed by atoms with van der Waals surface area (Å²) in [5, 5.41) is 0. The van der Waals surface area contributed by atoms with Crippen molar-refractivity contribution in [3.8, 4) is 45.0 Å². The van der Waals surface area contributed by atoms with Gasteiger partial charge in [0.2, 0.25) is 0 Å². The van der Waals surface area contributed by atoms with E-state index in [9.17, 15) is 0 Å². The summed E-state index contributed by atoms with van der Waals surface area (Å²) in [6.45, 7) is 9.20. The normalized spacial score (nSPS) is 12.5. The Morgan fingerprint density at radius 3 is 1.84 bits per heavy atom. The molecule has 0 aliphatic heterocycles. The Kier molecular flexibility index (Phi) is 11.6. The van der Waals surface area contributed by atoms with E-state index in [1.165, 1.54) is 73.6 Å². The van der Waals surface area contributed by atoms with Crippen molar-refractivity contribution < 1.29 is 4.74 Å². The highest BCUT2D eigenvalue weighted by molar-refractivity contribution is 5.76. The Hall–Kier alpha value is -4.17. The van der Waals surface area contributed by atoms with Gasteiger partial charge in [-0.1, -0.05) is 127 Å². The molecule has 232 valence electrons. The highest BCUT2D eigenvalue weighted by Crippen LogP contribution is 2.36. The number of nitrogens with zero attached hydrogens (tertiary/aromatic N) is 1. The van der Waals surface area contributed by atoms with E-state index in [1.54, 1.807) is 0 Å². The number of rotatable bonds is 15. The first-order valence-corrected chi connectivity index (χ1v) is 17.1. The van der Waals surface area contributed by atoms with E-state index in [0.29, 0.717) is 11.8 Å². The second kappa shape index (κ2) is 16.2. The van der Waals surface area contributed by atoms with Gasteiger partial charge in [-0.15, -0.1) is 0 Å². The van der Waals surface area contributed by atoms with Crippen LogP contribution in [0.3, 0.4) is 0 Å². The molecule has 1 heterocycles. The van der Waals surface area contributed by atoms with Gasteiger partial charge in [0.15, 0.2) is 0 Å². The number of ether oxygens (including phenoxy) is 1. The second-order valence-corrected chi connectivity index (χ2v) is 12.5. The average Bonchev–Trinajstić information content (AvgIpc) is 3.09. The smallest absolute Gasteiger partial charge is 0.128 e. The van der Waals surface area contributed by atoms with E-state index < -0.39 is 0 Å². The standard InChI is InChI=1S/C43H49NO/c1-5-8-10-15-33(7-3)35-23-25-37(26-24-35)40-28-39(36-21-19-34(20-22-36)32(4)14-9-6-2)30-42(31-40)45-41-17-13-16-38(29-41)43-18-11-12-27-44-43/h11-13,16-33H,5-10,14-15H2,1-4H3. The molecule has 1 aromatic heterocycles. The maximum Gasteiger partial charge on any atom is 0.128 e. The predicted molar refractivity (Wildman–Crippen MR) is 192 cm³/mol. The number of unbranched alkanes of at least 4 members (excludes halogenated alkanes) is 3. The monoisotopic (exact) mass is 595 g/mol. The molecule has 4 aromatic carbocycles. The van der Waals surface area contributed by atoms with E-state index in [0.717, 1.165) is 33.9 Å². The first-order valence-electron chi connectivity index (χ1n) is 17.1. The minimum absolute atomic E-state index is 0.572. The molecule has 45 heavy (non-hydrogen) atoms. The van der Waals surface area contributed by atoms with Gasteiger partial charge in [-0.3, -0.25) is 4.98 Å². The van der Waals surface area contributed by atoms with Crippen LogP contribution in [0, 0.1) is 0 Å². The van der Waals surface area contributed by atoms with Crippen molar-refractivity contribution in [1.82, 2.24) is 4.98 Å². The van der Waals surface area contributed by atoms with Crippen LogP contribution in [0.25, 0.3) is 33.5 Å². The van der Waals surface area contributed by atoms with Gasteiger partial charge in [0.1, 0.15) is 11.5 Å². The minimum atomic E-state index is 0.572. The molecule has 0 amide bonds. The fourth-order valence-electron chi connectivity index (χ4n) is 6.26. The van der Waals surface area contributed by atoms with Crippen LogP contribution < -0.4 is 4.74 Å². The van der Waals surface area contributed by atoms with Crippen LogP contribution in [-0.4, -0.2) is 4.98 Å². The van der Waals surface area contributed by atoms with Gasteiger partial charge in [0, 0.05) is 11.8 Å². The SMILES string of the molecule is CCCCCC(CC)c1ccc(-c2cc(Oc3cccc(-c4ccccn4)c3)cc(-c3ccc(C(C)CCCC)cc3)c2)cc1. The molecule has 0 radical (unpaired) electrons. The molecule has 0 saturated carbocycles. The largest absolute Gasteiger partial charge is 0.457 e. The van der Waals surface area contributed by atoms with Crippen LogP contribution in [0.4, 0.5) is 0 Å². The van der Waals surface area contributed by atoms with E-state index >= 15 is 0 Å². The molecule has 5 rings (SSSR count). The molecule has 0 saturated heterocycles. The maximum atomic E-state index is 6.58. The molecule has 2 heteroatoms. The molecular formula is C43H49NO. The number of hydrogen-bond acceptors (Lipinski definition) is 2. The van der Waals surface area contributed by atoms with Gasteiger partial charge in [-0.05, 0) is 107 Å². The third kappa shape index (κ3) is 8.72. The number of hydrogen-bond donors (Lipinski definition) is 0. The summed E-state index contributed by atoms with van der Waals surface area (Å²) in [6.07, 6.45) is 11.9. The molecule has 0 bridgehead atoms. The fourth-order valence-corrected chi connectivity index (χ4v) is 6.26. The highest BCUT2D eigenvalue weighted by Gasteiger charge is 2.13. The fraction of sp³-hybridized carbons (Fsp3) is 0.326. The number of pyridine rings is 1. The zero-order chi connectivity index (χ0) is 31.4. The Labute approximate surface area is 271 Å². The first kappa shape index (κ1) is 32.2. The highest BCUT2D eigenvalue weighted by atomic mass is 16.5. The van der Waals surface area contributed by atoms with Gasteiger partial charge in [0.05, 0.1) is 5.69 Å². The Balaban J connectivity index is 1.47. The second-order valence-electron chi connectivity index (χ2n) is 12.5. The molecule has 0 spiro atoms. The van der Waals surface area contributed by atoms with E-state index in [-0.39, 0.29) is 0 Å². The lowest BCUT2D eigenvalue weighted by Crippen LogP contribution is -1.97. The van der Waals surface area contributed by atoms with Crippen molar-refractivity contribution in [3.63, 3.8) is 0 Å². The topological polar surface area (TPSA) is 22.1 Å². The van der Waals surface area contributed by atoms with Crippen LogP contribution in [-0.2, 0) is 0 Å². The van der Waals surface area contributed by atoms with E-state index in [4.69, 9.17) is 4.74 Å². The Morgan fingerprint density at radius 2 is 1.22 bits per heavy atom. The average molecular weight is 596 g/mol. The van der Waals surface area contributed by atoms with Crippen LogP contribution in [0.2, 0.25) is 0 Å². The zero-order valence-electron chi connectivity index (χ0n) is 27.6. The Bertz CT molecular complexity index is 1600. The third-order valence-corrected chi connectivity index (χ3v) is 9.11. The van der Waals surface area contributed by atoms with E-state index in [1.807, 2.05) is 36.5 Å². The molecule has 5 aromatic rings. The summed E-state index contributed by atoms with van der Waals surface area (Å²) >= 11 is 0. The maximum absolute atomic E-state index is 6.58. The molecule has 2 atom stereocenters. The lowest BCUT2D eigenvalue weighted by Gasteiger charge is -2.17. The summed E-state index contributed by atoms with van der Waals surface area (Å²) < 4.78 is 6.58. The summed E-state index contributed by atoms with van der Waals surface area (Å²) in [4.78, 5) is 4.53. The Morgan fingerprint density at radius 1 is 0.556 bits per heavy atom. The summed E-state index contributed by atoms with van der Waals surface area (Å²) in [6, 6.07) is 39.2. The first-order chi connectivity index (χ1) is 22.1. The number of benzene rings is 4. The summed E-state index contributed by atoms with van der Waals surface area (Å²) in [5.74, 6) is 2.83. The van der Waals surface area contributed by atoms with Crippen LogP contribution in [0.15, 0.2) is 115 Å². The van der Waals surface area contributed by atoms with Crippen LogP contribution in [0.1, 0.15) is 102 Å². The predicted octanol–water partition coefficient (Wildman–Crippen LogP) is 13.2. The quantitative estimate of drug-likeness (QED) is 0.112.